The molecule has 0 aliphatic carbocycles. The first kappa shape index (κ1) is 22.1. The first-order valence-electron chi connectivity index (χ1n) is 9.70. The van der Waals surface area contributed by atoms with Crippen LogP contribution >= 0.6 is 0 Å². The molecule has 148 valence electrons. The van der Waals surface area contributed by atoms with Crippen LogP contribution in [0.25, 0.3) is 0 Å². The highest BCUT2D eigenvalue weighted by atomic mass is 28.4. The van der Waals surface area contributed by atoms with E-state index in [1.165, 1.54) is 15.9 Å². The van der Waals surface area contributed by atoms with Crippen molar-refractivity contribution >= 4 is 18.7 Å². The number of ether oxygens (including phenoxy) is 1. The minimum atomic E-state index is -2.70. The van der Waals surface area contributed by atoms with Crippen molar-refractivity contribution in [3.8, 4) is 0 Å². The number of hydrogen-bond acceptors (Lipinski definition) is 2. The summed E-state index contributed by atoms with van der Waals surface area (Å²) in [5.41, 5.74) is 3.18. The summed E-state index contributed by atoms with van der Waals surface area (Å²) >= 11 is 0. The fourth-order valence-corrected chi connectivity index (χ4v) is 7.56. The number of methoxy groups -OCH3 is 1. The maximum atomic E-state index is 7.06. The van der Waals surface area contributed by atoms with E-state index in [1.54, 1.807) is 7.11 Å². The number of rotatable bonds is 11. The number of allylic oxidation sites excluding steroid dienone is 1. The lowest BCUT2D eigenvalue weighted by molar-refractivity contribution is 0.111. The zero-order chi connectivity index (χ0) is 20.5. The Kier molecular flexibility index (Phi) is 8.18. The fraction of sp³-hybridized carbons (Fsp3) is 0.280. The Morgan fingerprint density at radius 3 is 1.89 bits per heavy atom. The topological polar surface area (TPSA) is 18.5 Å². The Balaban J connectivity index is 2.76. The van der Waals surface area contributed by atoms with E-state index in [9.17, 15) is 0 Å². The van der Waals surface area contributed by atoms with Crippen LogP contribution in [0, 0.1) is 0 Å². The van der Waals surface area contributed by atoms with Crippen LogP contribution in [0.1, 0.15) is 26.7 Å². The molecule has 28 heavy (non-hydrogen) atoms. The number of hydrogen-bond donors (Lipinski definition) is 0. The molecular weight excluding hydrogens is 360 g/mol. The van der Waals surface area contributed by atoms with Gasteiger partial charge in [0.15, 0.2) is 0 Å². The molecule has 0 aliphatic rings. The van der Waals surface area contributed by atoms with Crippen molar-refractivity contribution in [1.82, 2.24) is 0 Å². The molecule has 2 rings (SSSR count). The maximum absolute atomic E-state index is 7.06. The average Bonchev–Trinajstić information content (AvgIpc) is 2.69. The smallest absolute Gasteiger partial charge is 0.281 e. The summed E-state index contributed by atoms with van der Waals surface area (Å²) in [5, 5.41) is 2.44. The SMILES string of the molecule is C=CC/C(=C/[Si](OC(C)(C)CC=C)(c1ccccc1)c1ccccc1)COC. The highest BCUT2D eigenvalue weighted by Gasteiger charge is 2.42. The van der Waals surface area contributed by atoms with Gasteiger partial charge >= 0.3 is 0 Å². The van der Waals surface area contributed by atoms with Gasteiger partial charge in [-0.25, -0.2) is 0 Å². The third-order valence-corrected chi connectivity index (χ3v) is 8.69. The fourth-order valence-electron chi connectivity index (χ4n) is 3.49. The third-order valence-electron chi connectivity index (χ3n) is 4.62. The summed E-state index contributed by atoms with van der Waals surface area (Å²) in [4.78, 5) is 0. The highest BCUT2D eigenvalue weighted by Crippen LogP contribution is 2.24. The van der Waals surface area contributed by atoms with E-state index in [-0.39, 0.29) is 5.60 Å². The van der Waals surface area contributed by atoms with E-state index in [4.69, 9.17) is 9.16 Å². The summed E-state index contributed by atoms with van der Waals surface area (Å²) in [6, 6.07) is 21.1. The molecule has 0 heterocycles. The molecule has 0 aliphatic heterocycles. The van der Waals surface area contributed by atoms with Gasteiger partial charge in [-0.2, -0.15) is 0 Å². The molecule has 0 fully saturated rings. The predicted octanol–water partition coefficient (Wildman–Crippen LogP) is 4.81. The third kappa shape index (κ3) is 5.65. The molecule has 0 saturated carbocycles. The Labute approximate surface area is 171 Å². The molecule has 0 spiro atoms. The largest absolute Gasteiger partial charge is 0.399 e. The average molecular weight is 393 g/mol. The molecule has 2 nitrogen and oxygen atoms in total. The normalized spacial score (nSPS) is 12.6. The Morgan fingerprint density at radius 2 is 1.46 bits per heavy atom. The van der Waals surface area contributed by atoms with Crippen molar-refractivity contribution in [2.45, 2.75) is 32.3 Å². The molecule has 0 atom stereocenters. The molecule has 2 aromatic carbocycles. The second kappa shape index (κ2) is 10.4. The number of benzene rings is 2. The van der Waals surface area contributed by atoms with Crippen molar-refractivity contribution in [2.24, 2.45) is 0 Å². The zero-order valence-electron chi connectivity index (χ0n) is 17.4. The standard InChI is InChI=1S/C25H32O2Si/c1-6-14-22(20-26-5)21-28(23-15-10-8-11-16-23,24-17-12-9-13-18-24)27-25(3,4)19-7-2/h6-13,15-18,21H,1-2,14,19-20H2,3-5H3/b22-21-. The van der Waals surface area contributed by atoms with Gasteiger partial charge in [0, 0.05) is 7.11 Å². The minimum absolute atomic E-state index is 0.345. The molecular formula is C25H32O2Si. The van der Waals surface area contributed by atoms with Gasteiger partial charge in [0.05, 0.1) is 12.2 Å². The molecule has 0 N–H and O–H groups in total. The second-order valence-electron chi connectivity index (χ2n) is 7.55. The van der Waals surface area contributed by atoms with Crippen LogP contribution in [0.5, 0.6) is 0 Å². The first-order valence-corrected chi connectivity index (χ1v) is 11.7. The van der Waals surface area contributed by atoms with Crippen molar-refractivity contribution in [3.63, 3.8) is 0 Å². The molecule has 0 radical (unpaired) electrons. The molecule has 0 unspecified atom stereocenters. The van der Waals surface area contributed by atoms with E-state index in [2.05, 4.69) is 81.2 Å². The molecule has 2 aromatic rings. The molecule has 0 amide bonds. The van der Waals surface area contributed by atoms with Crippen LogP contribution in [0.4, 0.5) is 0 Å². The Hall–Kier alpha value is -2.20. The van der Waals surface area contributed by atoms with Crippen molar-refractivity contribution in [2.75, 3.05) is 13.7 Å². The van der Waals surface area contributed by atoms with Crippen molar-refractivity contribution < 1.29 is 9.16 Å². The zero-order valence-corrected chi connectivity index (χ0v) is 18.4. The van der Waals surface area contributed by atoms with Gasteiger partial charge in [-0.15, -0.1) is 13.2 Å². The summed E-state index contributed by atoms with van der Waals surface area (Å²) in [7, 11) is -0.966. The lowest BCUT2D eigenvalue weighted by atomic mass is 10.1. The van der Waals surface area contributed by atoms with E-state index in [0.717, 1.165) is 12.8 Å². The van der Waals surface area contributed by atoms with E-state index in [1.807, 2.05) is 24.3 Å². The molecule has 0 aromatic heterocycles. The van der Waals surface area contributed by atoms with Crippen molar-refractivity contribution in [1.29, 1.82) is 0 Å². The predicted molar refractivity (Wildman–Crippen MR) is 123 cm³/mol. The quantitative estimate of drug-likeness (QED) is 0.404. The van der Waals surface area contributed by atoms with Gasteiger partial charge in [-0.1, -0.05) is 78.5 Å². The summed E-state index contributed by atoms with van der Waals surface area (Å²) in [6.45, 7) is 12.7. The van der Waals surface area contributed by atoms with Crippen LogP contribution in [0.2, 0.25) is 0 Å². The molecule has 3 heteroatoms. The van der Waals surface area contributed by atoms with E-state index in [0.29, 0.717) is 6.61 Å². The van der Waals surface area contributed by atoms with Gasteiger partial charge in [0.2, 0.25) is 0 Å². The first-order chi connectivity index (χ1) is 13.5. The lowest BCUT2D eigenvalue weighted by Gasteiger charge is -2.38. The van der Waals surface area contributed by atoms with Gasteiger partial charge in [0.25, 0.3) is 8.32 Å². The molecule has 0 saturated heterocycles. The summed E-state index contributed by atoms with van der Waals surface area (Å²) < 4.78 is 12.5. The van der Waals surface area contributed by atoms with Gasteiger partial charge in [0.1, 0.15) is 0 Å². The summed E-state index contributed by atoms with van der Waals surface area (Å²) in [5.74, 6) is 0. The van der Waals surface area contributed by atoms with Crippen molar-refractivity contribution in [3.05, 3.63) is 97.2 Å². The lowest BCUT2D eigenvalue weighted by Crippen LogP contribution is -2.63. The summed E-state index contributed by atoms with van der Waals surface area (Å²) in [6.07, 6.45) is 5.40. The van der Waals surface area contributed by atoms with Gasteiger partial charge < -0.3 is 9.16 Å². The maximum Gasteiger partial charge on any atom is 0.281 e. The monoisotopic (exact) mass is 392 g/mol. The Bertz CT molecular complexity index is 739. The van der Waals surface area contributed by atoms with E-state index < -0.39 is 8.32 Å². The van der Waals surface area contributed by atoms with Crippen LogP contribution in [-0.2, 0) is 9.16 Å². The van der Waals surface area contributed by atoms with Gasteiger partial charge in [-0.3, -0.25) is 0 Å². The second-order valence-corrected chi connectivity index (χ2v) is 10.7. The van der Waals surface area contributed by atoms with E-state index >= 15 is 0 Å². The molecule has 0 bridgehead atoms. The van der Waals surface area contributed by atoms with Crippen LogP contribution in [0.15, 0.2) is 97.2 Å². The minimum Gasteiger partial charge on any atom is -0.399 e. The van der Waals surface area contributed by atoms with Crippen LogP contribution in [-0.4, -0.2) is 27.6 Å². The Morgan fingerprint density at radius 1 is 0.929 bits per heavy atom. The van der Waals surface area contributed by atoms with Crippen LogP contribution in [0.3, 0.4) is 0 Å². The highest BCUT2D eigenvalue weighted by molar-refractivity contribution is 7.01. The van der Waals surface area contributed by atoms with Crippen LogP contribution < -0.4 is 10.4 Å². The van der Waals surface area contributed by atoms with Gasteiger partial charge in [-0.05, 0) is 42.6 Å².